The number of aliphatic hydroxyl groups excluding tert-OH is 1. The first-order valence-electron chi connectivity index (χ1n) is 5.97. The Labute approximate surface area is 102 Å². The van der Waals surface area contributed by atoms with Crippen LogP contribution in [-0.2, 0) is 6.42 Å². The largest absolute Gasteiger partial charge is 0.479 e. The maximum atomic E-state index is 10.00. The summed E-state index contributed by atoms with van der Waals surface area (Å²) in [4.78, 5) is 4.46. The highest BCUT2D eigenvalue weighted by atomic mass is 16.5. The minimum atomic E-state index is -0.437. The van der Waals surface area contributed by atoms with E-state index in [9.17, 15) is 5.11 Å². The Balaban J connectivity index is 2.34. The molecule has 1 atom stereocenters. The van der Waals surface area contributed by atoms with Gasteiger partial charge in [0.2, 0.25) is 0 Å². The van der Waals surface area contributed by atoms with Crippen LogP contribution in [0.4, 0.5) is 0 Å². The molecule has 0 aromatic carbocycles. The number of aliphatic hydroxyl groups is 1. The molecule has 3 heteroatoms. The molecule has 1 aromatic heterocycles. The van der Waals surface area contributed by atoms with E-state index in [0.717, 1.165) is 48.4 Å². The zero-order valence-corrected chi connectivity index (χ0v) is 10.1. The summed E-state index contributed by atoms with van der Waals surface area (Å²) in [5, 5.41) is 10.00. The smallest absolute Gasteiger partial charge is 0.148 e. The van der Waals surface area contributed by atoms with E-state index in [1.807, 2.05) is 13.0 Å². The quantitative estimate of drug-likeness (QED) is 0.626. The average Bonchev–Trinajstić information content (AvgIpc) is 2.49. The number of aryl methyl sites for hydroxylation is 2. The summed E-state index contributed by atoms with van der Waals surface area (Å²) >= 11 is 0. The normalized spacial score (nSPS) is 19.0. The molecule has 1 aliphatic rings. The first kappa shape index (κ1) is 11.9. The Bertz CT molecular complexity index is 448. The number of rotatable bonds is 2. The Hall–Kier alpha value is -1.53. The van der Waals surface area contributed by atoms with Crippen LogP contribution in [0, 0.1) is 19.3 Å². The number of hydrogen-bond acceptors (Lipinski definition) is 3. The van der Waals surface area contributed by atoms with E-state index >= 15 is 0 Å². The fourth-order valence-corrected chi connectivity index (χ4v) is 2.19. The Kier molecular flexibility index (Phi) is 3.65. The van der Waals surface area contributed by atoms with E-state index in [0.29, 0.717) is 0 Å². The van der Waals surface area contributed by atoms with E-state index in [1.54, 1.807) is 0 Å². The fraction of sp³-hybridized carbons (Fsp3) is 0.500. The van der Waals surface area contributed by atoms with Gasteiger partial charge in [-0.05, 0) is 37.8 Å². The fourth-order valence-electron chi connectivity index (χ4n) is 2.19. The van der Waals surface area contributed by atoms with Gasteiger partial charge in [-0.1, -0.05) is 12.3 Å². The summed E-state index contributed by atoms with van der Waals surface area (Å²) < 4.78 is 5.45. The number of aromatic nitrogens is 1. The molecule has 17 heavy (non-hydrogen) atoms. The highest BCUT2D eigenvalue weighted by Gasteiger charge is 2.19. The maximum absolute atomic E-state index is 10.00. The van der Waals surface area contributed by atoms with Crippen molar-refractivity contribution in [1.82, 2.24) is 4.98 Å². The molecule has 0 saturated carbocycles. The zero-order chi connectivity index (χ0) is 12.3. The molecule has 0 saturated heterocycles. The number of fused-ring (bicyclic) bond motifs is 1. The molecule has 0 amide bonds. The van der Waals surface area contributed by atoms with Crippen LogP contribution in [-0.4, -0.2) is 16.7 Å². The summed E-state index contributed by atoms with van der Waals surface area (Å²) in [5.74, 6) is 3.18. The Morgan fingerprint density at radius 1 is 1.59 bits per heavy atom. The van der Waals surface area contributed by atoms with Crippen LogP contribution in [0.3, 0.4) is 0 Å². The molecular formula is C14H17NO2. The Morgan fingerprint density at radius 2 is 2.41 bits per heavy atom. The molecule has 3 nitrogen and oxygen atoms in total. The molecule has 0 bridgehead atoms. The first-order valence-corrected chi connectivity index (χ1v) is 5.97. The van der Waals surface area contributed by atoms with Crippen LogP contribution >= 0.6 is 0 Å². The lowest BCUT2D eigenvalue weighted by molar-refractivity contribution is 0.161. The van der Waals surface area contributed by atoms with E-state index < -0.39 is 6.10 Å². The topological polar surface area (TPSA) is 42.4 Å². The molecule has 0 radical (unpaired) electrons. The van der Waals surface area contributed by atoms with Gasteiger partial charge in [0.25, 0.3) is 0 Å². The minimum absolute atomic E-state index is 0.254. The van der Waals surface area contributed by atoms with Gasteiger partial charge in [0.05, 0.1) is 17.5 Å². The number of ether oxygens (including phenoxy) is 1. The van der Waals surface area contributed by atoms with Crippen LogP contribution < -0.4 is 4.74 Å². The third-order valence-electron chi connectivity index (χ3n) is 3.08. The number of nitrogens with zero attached hydrogens (tertiary/aromatic N) is 1. The third-order valence-corrected chi connectivity index (χ3v) is 3.08. The van der Waals surface area contributed by atoms with Crippen molar-refractivity contribution >= 4 is 0 Å². The van der Waals surface area contributed by atoms with Crippen LogP contribution in [0.5, 0.6) is 5.75 Å². The molecule has 1 aliphatic carbocycles. The summed E-state index contributed by atoms with van der Waals surface area (Å²) in [5.41, 5.74) is 2.70. The predicted octanol–water partition coefficient (Wildman–Crippen LogP) is 2.16. The molecule has 1 heterocycles. The maximum Gasteiger partial charge on any atom is 0.148 e. The van der Waals surface area contributed by atoms with Crippen molar-refractivity contribution in [3.05, 3.63) is 23.0 Å². The zero-order valence-electron chi connectivity index (χ0n) is 10.1. The summed E-state index contributed by atoms with van der Waals surface area (Å²) in [7, 11) is 0. The molecule has 2 rings (SSSR count). The van der Waals surface area contributed by atoms with Crippen LogP contribution in [0.2, 0.25) is 0 Å². The number of hydrogen-bond donors (Lipinski definition) is 1. The molecule has 1 aromatic rings. The van der Waals surface area contributed by atoms with Gasteiger partial charge >= 0.3 is 0 Å². The van der Waals surface area contributed by atoms with Crippen molar-refractivity contribution in [2.45, 2.75) is 38.7 Å². The predicted molar refractivity (Wildman–Crippen MR) is 65.8 cm³/mol. The van der Waals surface area contributed by atoms with Crippen LogP contribution in [0.1, 0.15) is 42.3 Å². The monoisotopic (exact) mass is 231 g/mol. The third kappa shape index (κ3) is 2.59. The minimum Gasteiger partial charge on any atom is -0.479 e. The summed E-state index contributed by atoms with van der Waals surface area (Å²) in [6.45, 7) is 2.13. The van der Waals surface area contributed by atoms with Gasteiger partial charge in [-0.15, -0.1) is 6.42 Å². The van der Waals surface area contributed by atoms with Crippen molar-refractivity contribution in [2.75, 3.05) is 6.61 Å². The lowest BCUT2D eigenvalue weighted by atomic mass is 10.1. The first-order chi connectivity index (χ1) is 8.22. The van der Waals surface area contributed by atoms with Crippen molar-refractivity contribution in [2.24, 2.45) is 0 Å². The van der Waals surface area contributed by atoms with Gasteiger partial charge in [0, 0.05) is 0 Å². The van der Waals surface area contributed by atoms with Gasteiger partial charge < -0.3 is 9.84 Å². The van der Waals surface area contributed by atoms with Crippen molar-refractivity contribution < 1.29 is 9.84 Å². The molecule has 0 spiro atoms. The van der Waals surface area contributed by atoms with Crippen LogP contribution in [0.25, 0.3) is 0 Å². The van der Waals surface area contributed by atoms with E-state index in [4.69, 9.17) is 11.2 Å². The van der Waals surface area contributed by atoms with E-state index in [-0.39, 0.29) is 6.61 Å². The summed E-state index contributed by atoms with van der Waals surface area (Å²) in [6, 6.07) is 1.98. The van der Waals surface area contributed by atoms with Crippen molar-refractivity contribution in [1.29, 1.82) is 0 Å². The molecule has 0 fully saturated rings. The van der Waals surface area contributed by atoms with Gasteiger partial charge in [-0.25, -0.2) is 0 Å². The van der Waals surface area contributed by atoms with Gasteiger partial charge in [0.1, 0.15) is 12.4 Å². The second-order valence-corrected chi connectivity index (χ2v) is 4.37. The molecular weight excluding hydrogens is 214 g/mol. The standard InChI is InChI=1S/C14H17NO2/c1-3-8-17-13-9-11-6-4-5-7-12(16)14(11)15-10(13)2/h1,9,12,16H,4-8H2,2H3. The number of terminal acetylenes is 1. The van der Waals surface area contributed by atoms with Crippen LogP contribution in [0.15, 0.2) is 6.07 Å². The highest BCUT2D eigenvalue weighted by Crippen LogP contribution is 2.30. The molecule has 1 unspecified atom stereocenters. The van der Waals surface area contributed by atoms with Gasteiger partial charge in [0.15, 0.2) is 0 Å². The number of pyridine rings is 1. The van der Waals surface area contributed by atoms with E-state index in [1.165, 1.54) is 0 Å². The second-order valence-electron chi connectivity index (χ2n) is 4.37. The lowest BCUT2D eigenvalue weighted by Crippen LogP contribution is -2.06. The Morgan fingerprint density at radius 3 is 3.18 bits per heavy atom. The average molecular weight is 231 g/mol. The SMILES string of the molecule is C#CCOc1cc2c(nc1C)C(O)CCCC2. The molecule has 0 aliphatic heterocycles. The van der Waals surface area contributed by atoms with E-state index in [2.05, 4.69) is 10.9 Å². The van der Waals surface area contributed by atoms with Gasteiger partial charge in [-0.3, -0.25) is 4.98 Å². The van der Waals surface area contributed by atoms with Crippen molar-refractivity contribution in [3.8, 4) is 18.1 Å². The van der Waals surface area contributed by atoms with Crippen molar-refractivity contribution in [3.63, 3.8) is 0 Å². The second kappa shape index (κ2) is 5.20. The molecule has 1 N–H and O–H groups in total. The highest BCUT2D eigenvalue weighted by molar-refractivity contribution is 5.36. The summed E-state index contributed by atoms with van der Waals surface area (Å²) in [6.07, 6.45) is 8.61. The lowest BCUT2D eigenvalue weighted by Gasteiger charge is -2.14. The van der Waals surface area contributed by atoms with Gasteiger partial charge in [-0.2, -0.15) is 0 Å². The molecule has 90 valence electrons.